The fourth-order valence-electron chi connectivity index (χ4n) is 8.08. The molecule has 0 saturated carbocycles. The Morgan fingerprint density at radius 2 is 1.66 bits per heavy atom. The van der Waals surface area contributed by atoms with Gasteiger partial charge in [0.05, 0.1) is 55.7 Å². The summed E-state index contributed by atoms with van der Waals surface area (Å²) >= 11 is 0.866. The van der Waals surface area contributed by atoms with Crippen molar-refractivity contribution < 1.29 is 45.3 Å². The number of hydrogen-bond donors (Lipinski definition) is 2. The summed E-state index contributed by atoms with van der Waals surface area (Å²) in [5.74, 6) is -2.28. The summed E-state index contributed by atoms with van der Waals surface area (Å²) < 4.78 is 111. The van der Waals surface area contributed by atoms with Gasteiger partial charge in [0.15, 0.2) is 5.82 Å². The Morgan fingerprint density at radius 3 is 2.24 bits per heavy atom. The fraction of sp³-hybridized carbons (Fsp3) is 0.542. The van der Waals surface area contributed by atoms with Crippen molar-refractivity contribution in [2.45, 2.75) is 106 Å². The predicted molar refractivity (Wildman–Crippen MR) is 255 cm³/mol. The molecule has 0 amide bonds. The molecule has 368 valence electrons. The van der Waals surface area contributed by atoms with E-state index < -0.39 is 46.4 Å². The number of hydrogen-bond acceptors (Lipinski definition) is 13. The molecule has 2 N–H and O–H groups in total. The lowest BCUT2D eigenvalue weighted by Gasteiger charge is -2.24. The molecule has 3 saturated heterocycles. The summed E-state index contributed by atoms with van der Waals surface area (Å²) in [6.45, 7) is 20.5. The maximum absolute atomic E-state index is 16.9. The average molecular weight is 963 g/mol. The Morgan fingerprint density at radius 1 is 0.970 bits per heavy atom. The molecule has 5 aromatic rings. The van der Waals surface area contributed by atoms with Crippen molar-refractivity contribution in [2.24, 2.45) is 0 Å². The molecule has 3 fully saturated rings. The lowest BCUT2D eigenvalue weighted by Crippen LogP contribution is -2.28. The Balaban J connectivity index is 0.000000384. The zero-order valence-corrected chi connectivity index (χ0v) is 40.9. The monoisotopic (exact) mass is 962 g/mol. The largest absolute Gasteiger partial charge is 0.490 e. The standard InChI is InChI=1S/C31H26F5N7O2S.C7H12FN.C4H8O2.3C2H6/c1-14(2)40-29-17(12-37)19-16(7-8-18(32)26(19)46-29)20-22(31(34,35)36)25-21-24(23(20)33)41-30(44-4)42-28(21)43(10-11-45-25)13-15-6-5-9-39-27(15)38-3;8-6-4-7-2-1-3-9(7)5-6;1-2-6-4-3-5-1;3*1-2/h5-9,14,40H,10-11,13H2,1-4H3,(H,38,39);6-7H,1-5H2;1-4H2;3*1-2H3. The summed E-state index contributed by atoms with van der Waals surface area (Å²) in [5.41, 5.74) is -2.57. The van der Waals surface area contributed by atoms with Crippen LogP contribution in [0.1, 0.15) is 91.3 Å². The number of rotatable bonds is 7. The molecule has 2 unspecified atom stereocenters. The number of nitrogens with zero attached hydrogens (tertiary/aromatic N) is 6. The summed E-state index contributed by atoms with van der Waals surface area (Å²) in [6, 6.07) is 7.63. The van der Waals surface area contributed by atoms with E-state index in [2.05, 4.69) is 30.5 Å². The molecule has 12 nitrogen and oxygen atoms in total. The fourth-order valence-corrected chi connectivity index (χ4v) is 9.31. The molecular formula is C48H64F6N8O4S. The molecule has 2 aromatic carbocycles. The molecule has 0 spiro atoms. The molecule has 4 aliphatic rings. The summed E-state index contributed by atoms with van der Waals surface area (Å²) in [4.78, 5) is 16.7. The first-order valence-electron chi connectivity index (χ1n) is 23.0. The normalized spacial score (nSPS) is 17.3. The van der Waals surface area contributed by atoms with Crippen molar-refractivity contribution >= 4 is 49.0 Å². The number of alkyl halides is 4. The second-order valence-electron chi connectivity index (χ2n) is 15.0. The number of aromatic nitrogens is 3. The second-order valence-corrected chi connectivity index (χ2v) is 16.1. The number of fused-ring (bicyclic) bond motifs is 2. The number of pyridine rings is 1. The minimum absolute atomic E-state index is 0.0304. The van der Waals surface area contributed by atoms with E-state index in [0.717, 1.165) is 62.9 Å². The zero-order valence-electron chi connectivity index (χ0n) is 40.1. The number of nitrogens with one attached hydrogen (secondary N) is 2. The SMILES string of the molecule is C1COCCO1.CC.CC.CC.CNc1ncccc1CN1CCOc2c(C(F)(F)F)c(-c3ccc(F)c4sc(NC(C)C)c(C#N)c34)c(F)c3nc(OC)nc1c23.FC1CC2CCCN2C1. The van der Waals surface area contributed by atoms with Gasteiger partial charge in [-0.25, -0.2) is 18.2 Å². The van der Waals surface area contributed by atoms with Crippen LogP contribution in [0.2, 0.25) is 0 Å². The van der Waals surface area contributed by atoms with E-state index in [1.165, 1.54) is 20.0 Å². The van der Waals surface area contributed by atoms with E-state index in [1.807, 2.05) is 47.6 Å². The van der Waals surface area contributed by atoms with Crippen molar-refractivity contribution in [3.05, 3.63) is 58.8 Å². The maximum atomic E-state index is 16.9. The van der Waals surface area contributed by atoms with Gasteiger partial charge >= 0.3 is 12.2 Å². The average Bonchev–Trinajstić information content (AvgIpc) is 4.01. The van der Waals surface area contributed by atoms with Crippen LogP contribution in [0.15, 0.2) is 30.5 Å². The van der Waals surface area contributed by atoms with Crippen LogP contribution < -0.4 is 25.0 Å². The number of methoxy groups -OCH3 is 1. The van der Waals surface area contributed by atoms with Crippen LogP contribution in [-0.4, -0.2) is 105 Å². The third-order valence-corrected chi connectivity index (χ3v) is 11.8. The first-order chi connectivity index (χ1) is 32.3. The lowest BCUT2D eigenvalue weighted by molar-refractivity contribution is -0.138. The highest BCUT2D eigenvalue weighted by Crippen LogP contribution is 2.53. The van der Waals surface area contributed by atoms with E-state index in [4.69, 9.17) is 18.9 Å². The number of thiophene rings is 1. The summed E-state index contributed by atoms with van der Waals surface area (Å²) in [7, 11) is 2.94. The summed E-state index contributed by atoms with van der Waals surface area (Å²) in [6.07, 6.45) is -0.751. The van der Waals surface area contributed by atoms with E-state index in [1.54, 1.807) is 44.1 Å². The number of nitriles is 1. The quantitative estimate of drug-likeness (QED) is 0.151. The van der Waals surface area contributed by atoms with E-state index in [-0.39, 0.29) is 69.2 Å². The maximum Gasteiger partial charge on any atom is 0.420 e. The van der Waals surface area contributed by atoms with Crippen molar-refractivity contribution in [2.75, 3.05) is 82.4 Å². The summed E-state index contributed by atoms with van der Waals surface area (Å²) in [5, 5.41) is 15.9. The van der Waals surface area contributed by atoms with Crippen molar-refractivity contribution in [3.63, 3.8) is 0 Å². The molecule has 19 heteroatoms. The number of anilines is 3. The van der Waals surface area contributed by atoms with Crippen LogP contribution in [-0.2, 0) is 22.2 Å². The molecule has 0 aliphatic carbocycles. The number of ether oxygens (including phenoxy) is 4. The van der Waals surface area contributed by atoms with Crippen LogP contribution in [0.4, 0.5) is 43.0 Å². The molecule has 2 atom stereocenters. The van der Waals surface area contributed by atoms with Gasteiger partial charge in [0, 0.05) is 54.9 Å². The highest BCUT2D eigenvalue weighted by Gasteiger charge is 2.44. The van der Waals surface area contributed by atoms with Gasteiger partial charge in [0.2, 0.25) is 0 Å². The first kappa shape index (κ1) is 54.4. The van der Waals surface area contributed by atoms with Crippen molar-refractivity contribution in [1.29, 1.82) is 5.26 Å². The molecule has 0 bridgehead atoms. The molecular weight excluding hydrogens is 899 g/mol. The Hall–Kier alpha value is -5.16. The molecule has 9 rings (SSSR count). The highest BCUT2D eigenvalue weighted by molar-refractivity contribution is 7.23. The van der Waals surface area contributed by atoms with Crippen molar-refractivity contribution in [3.8, 4) is 29.0 Å². The van der Waals surface area contributed by atoms with Gasteiger partial charge in [0.1, 0.15) is 58.1 Å². The van der Waals surface area contributed by atoms with Crippen LogP contribution >= 0.6 is 11.3 Å². The first-order valence-corrected chi connectivity index (χ1v) is 23.8. The molecule has 0 radical (unpaired) electrons. The molecule has 7 heterocycles. The number of halogens is 6. The number of benzene rings is 2. The third-order valence-electron chi connectivity index (χ3n) is 10.7. The molecule has 3 aromatic heterocycles. The van der Waals surface area contributed by atoms with Crippen molar-refractivity contribution in [1.82, 2.24) is 19.9 Å². The van der Waals surface area contributed by atoms with Gasteiger partial charge in [-0.1, -0.05) is 53.7 Å². The van der Waals surface area contributed by atoms with E-state index in [0.29, 0.717) is 24.0 Å². The smallest absolute Gasteiger partial charge is 0.420 e. The van der Waals surface area contributed by atoms with Gasteiger partial charge < -0.3 is 34.5 Å². The Labute approximate surface area is 394 Å². The third kappa shape index (κ3) is 12.7. The van der Waals surface area contributed by atoms with Gasteiger partial charge in [-0.05, 0) is 57.4 Å². The van der Waals surface area contributed by atoms with Gasteiger partial charge in [-0.2, -0.15) is 28.4 Å². The van der Waals surface area contributed by atoms with Crippen LogP contribution in [0.5, 0.6) is 11.8 Å². The molecule has 67 heavy (non-hydrogen) atoms. The Kier molecular flexibility index (Phi) is 21.0. The predicted octanol–water partition coefficient (Wildman–Crippen LogP) is 11.6. The van der Waals surface area contributed by atoms with Gasteiger partial charge in [-0.3, -0.25) is 4.90 Å². The minimum atomic E-state index is -5.16. The Bertz CT molecular complexity index is 2390. The topological polar surface area (TPSA) is 130 Å². The minimum Gasteiger partial charge on any atom is -0.490 e. The van der Waals surface area contributed by atoms with Crippen LogP contribution in [0.25, 0.3) is 32.1 Å². The second kappa shape index (κ2) is 25.8. The van der Waals surface area contributed by atoms with Gasteiger partial charge in [0.25, 0.3) is 0 Å². The lowest BCUT2D eigenvalue weighted by atomic mass is 9.91. The van der Waals surface area contributed by atoms with Gasteiger partial charge in [-0.15, -0.1) is 11.3 Å². The van der Waals surface area contributed by atoms with E-state index in [9.17, 15) is 9.65 Å². The molecule has 4 aliphatic heterocycles. The highest BCUT2D eigenvalue weighted by atomic mass is 32.1. The zero-order chi connectivity index (χ0) is 49.4. The van der Waals surface area contributed by atoms with Crippen LogP contribution in [0, 0.1) is 23.0 Å². The van der Waals surface area contributed by atoms with Crippen LogP contribution in [0.3, 0.4) is 0 Å². The van der Waals surface area contributed by atoms with E-state index >= 15 is 22.0 Å².